The molecule has 0 unspecified atom stereocenters. The predicted octanol–water partition coefficient (Wildman–Crippen LogP) is 4.83. The summed E-state index contributed by atoms with van der Waals surface area (Å²) in [6.07, 6.45) is 1.07. The van der Waals surface area contributed by atoms with E-state index in [-0.39, 0.29) is 45.4 Å². The molecular weight excluding hydrogens is 460 g/mol. The van der Waals surface area contributed by atoms with Gasteiger partial charge in [-0.15, -0.1) is 0 Å². The maximum absolute atomic E-state index is 13.4. The third-order valence-corrected chi connectivity index (χ3v) is 6.10. The fourth-order valence-electron chi connectivity index (χ4n) is 4.15. The molecule has 7 nitrogen and oxygen atoms in total. The molecule has 0 radical (unpaired) electrons. The Hall–Kier alpha value is -4.10. The summed E-state index contributed by atoms with van der Waals surface area (Å²) in [5, 5.41) is 11.9. The molecule has 0 fully saturated rings. The van der Waals surface area contributed by atoms with E-state index in [1.54, 1.807) is 42.5 Å². The van der Waals surface area contributed by atoms with E-state index >= 15 is 0 Å². The van der Waals surface area contributed by atoms with Crippen molar-refractivity contribution in [1.82, 2.24) is 0 Å². The number of ketones is 1. The molecule has 0 saturated heterocycles. The van der Waals surface area contributed by atoms with Crippen molar-refractivity contribution in [2.24, 2.45) is 0 Å². The number of carbonyl (C=O) groups is 2. The standard InChI is InChI=1S/C26H17ClO7/c1-32-15-6-8-20-18(10-15)25(30)19(12-33-20)17-11-22(28)34-21-9-7-16(26(31)23(17)21)24(29)13-2-4-14(27)5-3-13/h2-10,12,17,31H,11H2,1H3/t17-/m0/s1. The van der Waals surface area contributed by atoms with Crippen molar-refractivity contribution in [1.29, 1.82) is 0 Å². The second-order valence-corrected chi connectivity index (χ2v) is 8.26. The number of carbonyl (C=O) groups excluding carboxylic acids is 2. The van der Waals surface area contributed by atoms with E-state index in [0.29, 0.717) is 21.9 Å². The van der Waals surface area contributed by atoms with E-state index in [2.05, 4.69) is 0 Å². The van der Waals surface area contributed by atoms with Crippen LogP contribution in [-0.2, 0) is 4.79 Å². The molecule has 0 saturated carbocycles. The maximum Gasteiger partial charge on any atom is 0.312 e. The average molecular weight is 477 g/mol. The molecule has 1 aromatic heterocycles. The third kappa shape index (κ3) is 3.60. The number of phenols is 1. The highest BCUT2D eigenvalue weighted by molar-refractivity contribution is 6.30. The summed E-state index contributed by atoms with van der Waals surface area (Å²) in [6, 6.07) is 13.9. The van der Waals surface area contributed by atoms with Crippen LogP contribution in [0.2, 0.25) is 5.02 Å². The summed E-state index contributed by atoms with van der Waals surface area (Å²) >= 11 is 5.91. The molecule has 3 aromatic carbocycles. The number of hydrogen-bond acceptors (Lipinski definition) is 7. The summed E-state index contributed by atoms with van der Waals surface area (Å²) in [6.45, 7) is 0. The van der Waals surface area contributed by atoms with Crippen LogP contribution in [-0.4, -0.2) is 24.0 Å². The Kier molecular flexibility index (Phi) is 5.34. The quantitative estimate of drug-likeness (QED) is 0.255. The SMILES string of the molecule is COc1ccc2occ([C@@H]3CC(=O)Oc4ccc(C(=O)c5ccc(Cl)cc5)c(O)c43)c(=O)c2c1. The molecule has 0 spiro atoms. The topological polar surface area (TPSA) is 103 Å². The molecular formula is C26H17ClO7. The van der Waals surface area contributed by atoms with Crippen LogP contribution in [0.25, 0.3) is 11.0 Å². The molecule has 5 rings (SSSR count). The Morgan fingerprint density at radius 3 is 2.59 bits per heavy atom. The first-order valence-electron chi connectivity index (χ1n) is 10.3. The van der Waals surface area contributed by atoms with Crippen LogP contribution >= 0.6 is 11.6 Å². The van der Waals surface area contributed by atoms with Crippen molar-refractivity contribution >= 4 is 34.3 Å². The van der Waals surface area contributed by atoms with Gasteiger partial charge < -0.3 is 19.0 Å². The van der Waals surface area contributed by atoms with E-state index in [4.69, 9.17) is 25.5 Å². The maximum atomic E-state index is 13.4. The van der Waals surface area contributed by atoms with Crippen molar-refractivity contribution in [3.63, 3.8) is 0 Å². The first kappa shape index (κ1) is 21.7. The van der Waals surface area contributed by atoms with Crippen LogP contribution in [0.5, 0.6) is 17.2 Å². The van der Waals surface area contributed by atoms with Crippen LogP contribution in [0.3, 0.4) is 0 Å². The highest BCUT2D eigenvalue weighted by Gasteiger charge is 2.35. The smallest absolute Gasteiger partial charge is 0.312 e. The lowest BCUT2D eigenvalue weighted by molar-refractivity contribution is -0.135. The van der Waals surface area contributed by atoms with Crippen molar-refractivity contribution in [2.45, 2.75) is 12.3 Å². The van der Waals surface area contributed by atoms with Gasteiger partial charge in [-0.3, -0.25) is 14.4 Å². The number of fused-ring (bicyclic) bond motifs is 2. The van der Waals surface area contributed by atoms with E-state index < -0.39 is 17.7 Å². The van der Waals surface area contributed by atoms with Crippen LogP contribution in [0.1, 0.15) is 39.4 Å². The average Bonchev–Trinajstić information content (AvgIpc) is 2.84. The number of phenolic OH excluding ortho intramolecular Hbond substituents is 1. The molecule has 4 aromatic rings. The van der Waals surface area contributed by atoms with E-state index in [1.807, 2.05) is 0 Å². The van der Waals surface area contributed by atoms with Gasteiger partial charge in [-0.2, -0.15) is 0 Å². The van der Waals surface area contributed by atoms with Crippen molar-refractivity contribution in [3.05, 3.63) is 98.4 Å². The fourth-order valence-corrected chi connectivity index (χ4v) is 4.27. The number of aromatic hydroxyl groups is 1. The van der Waals surface area contributed by atoms with Crippen LogP contribution in [0.15, 0.2) is 70.1 Å². The number of methoxy groups -OCH3 is 1. The number of rotatable bonds is 4. The van der Waals surface area contributed by atoms with E-state index in [9.17, 15) is 19.5 Å². The van der Waals surface area contributed by atoms with Gasteiger partial charge in [-0.25, -0.2) is 0 Å². The minimum atomic E-state index is -0.874. The van der Waals surface area contributed by atoms with Crippen LogP contribution < -0.4 is 14.9 Å². The molecule has 1 N–H and O–H groups in total. The Balaban J connectivity index is 1.67. The molecule has 1 aliphatic rings. The highest BCUT2D eigenvalue weighted by Crippen LogP contribution is 2.45. The van der Waals surface area contributed by atoms with E-state index in [1.165, 1.54) is 25.5 Å². The first-order chi connectivity index (χ1) is 16.4. The summed E-state index contributed by atoms with van der Waals surface area (Å²) in [5.41, 5.74) is 0.639. The Labute approximate surface area is 198 Å². The molecule has 1 atom stereocenters. The second kappa shape index (κ2) is 8.35. The largest absolute Gasteiger partial charge is 0.507 e. The monoisotopic (exact) mass is 476 g/mol. The van der Waals surface area contributed by atoms with Gasteiger partial charge >= 0.3 is 5.97 Å². The van der Waals surface area contributed by atoms with Gasteiger partial charge in [0.05, 0.1) is 30.7 Å². The summed E-state index contributed by atoms with van der Waals surface area (Å²) < 4.78 is 16.2. The van der Waals surface area contributed by atoms with Crippen LogP contribution in [0.4, 0.5) is 0 Å². The Bertz CT molecular complexity index is 1520. The molecule has 1 aliphatic heterocycles. The predicted molar refractivity (Wildman–Crippen MR) is 124 cm³/mol. The lowest BCUT2D eigenvalue weighted by Gasteiger charge is -2.26. The lowest BCUT2D eigenvalue weighted by atomic mass is 9.84. The number of hydrogen-bond donors (Lipinski definition) is 1. The summed E-state index contributed by atoms with van der Waals surface area (Å²) in [4.78, 5) is 38.8. The van der Waals surface area contributed by atoms with Gasteiger partial charge in [0.2, 0.25) is 0 Å². The fraction of sp³-hybridized carbons (Fsp3) is 0.115. The molecule has 0 aliphatic carbocycles. The lowest BCUT2D eigenvalue weighted by Crippen LogP contribution is -2.25. The second-order valence-electron chi connectivity index (χ2n) is 7.82. The zero-order valence-corrected chi connectivity index (χ0v) is 18.6. The van der Waals surface area contributed by atoms with Crippen molar-refractivity contribution in [2.75, 3.05) is 7.11 Å². The van der Waals surface area contributed by atoms with Gasteiger partial charge in [0.25, 0.3) is 0 Å². The molecule has 34 heavy (non-hydrogen) atoms. The van der Waals surface area contributed by atoms with Crippen LogP contribution in [0, 0.1) is 0 Å². The highest BCUT2D eigenvalue weighted by atomic mass is 35.5. The molecule has 0 bridgehead atoms. The summed E-state index contributed by atoms with van der Waals surface area (Å²) in [5.74, 6) is -1.70. The molecule has 8 heteroatoms. The van der Waals surface area contributed by atoms with Crippen molar-refractivity contribution < 1.29 is 28.6 Å². The van der Waals surface area contributed by atoms with Gasteiger partial charge in [-0.05, 0) is 54.6 Å². The first-order valence-corrected chi connectivity index (χ1v) is 10.7. The molecule has 170 valence electrons. The van der Waals surface area contributed by atoms with Gasteiger partial charge in [0, 0.05) is 27.6 Å². The third-order valence-electron chi connectivity index (χ3n) is 5.85. The molecule has 2 heterocycles. The van der Waals surface area contributed by atoms with Crippen molar-refractivity contribution in [3.8, 4) is 17.2 Å². The number of halogens is 1. The van der Waals surface area contributed by atoms with Gasteiger partial charge in [-0.1, -0.05) is 11.6 Å². The minimum absolute atomic E-state index is 0.0101. The number of esters is 1. The Morgan fingerprint density at radius 1 is 1.09 bits per heavy atom. The van der Waals surface area contributed by atoms with Gasteiger partial charge in [0.1, 0.15) is 22.8 Å². The Morgan fingerprint density at radius 2 is 1.85 bits per heavy atom. The number of benzene rings is 3. The summed E-state index contributed by atoms with van der Waals surface area (Å²) in [7, 11) is 1.48. The zero-order valence-electron chi connectivity index (χ0n) is 17.8. The normalized spacial score (nSPS) is 15.0. The molecule has 0 amide bonds. The van der Waals surface area contributed by atoms with Gasteiger partial charge in [0.15, 0.2) is 11.2 Å². The zero-order chi connectivity index (χ0) is 24.0. The van der Waals surface area contributed by atoms with E-state index in [0.717, 1.165) is 0 Å². The number of ether oxygens (including phenoxy) is 2. The minimum Gasteiger partial charge on any atom is -0.507 e.